The van der Waals surface area contributed by atoms with Crippen molar-refractivity contribution in [1.29, 1.82) is 0 Å². The summed E-state index contributed by atoms with van der Waals surface area (Å²) in [4.78, 5) is 4.47. The molecule has 0 amide bonds. The van der Waals surface area contributed by atoms with Gasteiger partial charge in [0.25, 0.3) is 0 Å². The van der Waals surface area contributed by atoms with Gasteiger partial charge in [-0.2, -0.15) is 0 Å². The van der Waals surface area contributed by atoms with Crippen LogP contribution in [0, 0.1) is 0 Å². The first kappa shape index (κ1) is 15.1. The Kier molecular flexibility index (Phi) is 5.33. The van der Waals surface area contributed by atoms with Crippen LogP contribution in [0.3, 0.4) is 0 Å². The van der Waals surface area contributed by atoms with Gasteiger partial charge in [0.05, 0.1) is 0 Å². The van der Waals surface area contributed by atoms with Gasteiger partial charge in [-0.1, -0.05) is 43.0 Å². The highest BCUT2D eigenvalue weighted by Crippen LogP contribution is 2.39. The van der Waals surface area contributed by atoms with E-state index in [0.717, 1.165) is 6.54 Å². The molecule has 0 saturated carbocycles. The summed E-state index contributed by atoms with van der Waals surface area (Å²) in [7, 11) is 0. The molecule has 2 atom stereocenters. The molecule has 0 aliphatic heterocycles. The molecular formula is C17H22N2S2. The highest BCUT2D eigenvalue weighted by molar-refractivity contribution is 8.01. The van der Waals surface area contributed by atoms with Gasteiger partial charge >= 0.3 is 0 Å². The Hall–Kier alpha value is -0.840. The first-order valence-electron chi connectivity index (χ1n) is 7.76. The quantitative estimate of drug-likeness (QED) is 0.810. The molecule has 1 aromatic heterocycles. The molecule has 1 aliphatic carbocycles. The molecule has 3 rings (SSSR count). The zero-order valence-corrected chi connectivity index (χ0v) is 14.1. The van der Waals surface area contributed by atoms with Crippen molar-refractivity contribution >= 4 is 23.1 Å². The van der Waals surface area contributed by atoms with E-state index in [1.165, 1.54) is 41.1 Å². The third kappa shape index (κ3) is 3.68. The fraction of sp³-hybridized carbons (Fsp3) is 0.471. The average Bonchev–Trinajstić information content (AvgIpc) is 2.95. The van der Waals surface area contributed by atoms with E-state index in [0.29, 0.717) is 11.3 Å². The number of rotatable bonds is 5. The van der Waals surface area contributed by atoms with Crippen molar-refractivity contribution in [1.82, 2.24) is 10.3 Å². The summed E-state index contributed by atoms with van der Waals surface area (Å²) >= 11 is 3.71. The van der Waals surface area contributed by atoms with Crippen molar-refractivity contribution in [3.63, 3.8) is 0 Å². The third-order valence-electron chi connectivity index (χ3n) is 3.97. The largest absolute Gasteiger partial charge is 0.309 e. The lowest BCUT2D eigenvalue weighted by Crippen LogP contribution is -2.30. The van der Waals surface area contributed by atoms with E-state index in [2.05, 4.69) is 46.9 Å². The third-order valence-corrected chi connectivity index (χ3v) is 6.23. The minimum Gasteiger partial charge on any atom is -0.309 e. The number of fused-ring (bicyclic) bond motifs is 1. The highest BCUT2D eigenvalue weighted by atomic mass is 32.2. The van der Waals surface area contributed by atoms with E-state index in [1.54, 1.807) is 11.3 Å². The number of benzene rings is 1. The number of hydrogen-bond donors (Lipinski definition) is 1. The van der Waals surface area contributed by atoms with Gasteiger partial charge in [0.15, 0.2) is 0 Å². The molecule has 0 fully saturated rings. The maximum atomic E-state index is 4.47. The number of thiazole rings is 1. The molecule has 0 bridgehead atoms. The molecular weight excluding hydrogens is 296 g/mol. The van der Waals surface area contributed by atoms with Crippen LogP contribution in [0.15, 0.2) is 40.2 Å². The predicted octanol–water partition coefficient (Wildman–Crippen LogP) is 4.68. The van der Waals surface area contributed by atoms with Crippen molar-refractivity contribution in [3.8, 4) is 0 Å². The van der Waals surface area contributed by atoms with Crippen LogP contribution < -0.4 is 5.32 Å². The summed E-state index contributed by atoms with van der Waals surface area (Å²) in [6, 6.07) is 9.40. The van der Waals surface area contributed by atoms with Crippen molar-refractivity contribution in [2.24, 2.45) is 0 Å². The Balaban J connectivity index is 1.86. The lowest BCUT2D eigenvalue weighted by molar-refractivity contribution is 0.501. The molecule has 2 nitrogen and oxygen atoms in total. The molecule has 1 N–H and O–H groups in total. The predicted molar refractivity (Wildman–Crippen MR) is 92.2 cm³/mol. The number of aryl methyl sites for hydroxylation is 1. The SMILES string of the molecule is CCCNC1c2ccccc2CCCC1Sc1nccs1. The van der Waals surface area contributed by atoms with E-state index < -0.39 is 0 Å². The summed E-state index contributed by atoms with van der Waals surface area (Å²) in [5.74, 6) is 0. The van der Waals surface area contributed by atoms with Crippen LogP contribution >= 0.6 is 23.1 Å². The summed E-state index contributed by atoms with van der Waals surface area (Å²) in [6.07, 6.45) is 6.81. The van der Waals surface area contributed by atoms with Gasteiger partial charge in [0.1, 0.15) is 4.34 Å². The number of thioether (sulfide) groups is 1. The van der Waals surface area contributed by atoms with Crippen LogP contribution in [-0.4, -0.2) is 16.8 Å². The zero-order chi connectivity index (χ0) is 14.5. The van der Waals surface area contributed by atoms with Crippen molar-refractivity contribution < 1.29 is 0 Å². The van der Waals surface area contributed by atoms with Crippen LogP contribution in [-0.2, 0) is 6.42 Å². The Morgan fingerprint density at radius 2 is 2.29 bits per heavy atom. The normalized spacial score (nSPS) is 21.8. The molecule has 2 unspecified atom stereocenters. The molecule has 1 aliphatic rings. The van der Waals surface area contributed by atoms with Gasteiger partial charge in [-0.3, -0.25) is 0 Å². The van der Waals surface area contributed by atoms with E-state index in [4.69, 9.17) is 0 Å². The van der Waals surface area contributed by atoms with Crippen molar-refractivity contribution in [2.45, 2.75) is 48.2 Å². The molecule has 0 saturated heterocycles. The number of nitrogens with one attached hydrogen (secondary N) is 1. The summed E-state index contributed by atoms with van der Waals surface area (Å²) < 4.78 is 1.20. The topological polar surface area (TPSA) is 24.9 Å². The fourth-order valence-electron chi connectivity index (χ4n) is 2.99. The van der Waals surface area contributed by atoms with Gasteiger partial charge in [-0.15, -0.1) is 11.3 Å². The van der Waals surface area contributed by atoms with Gasteiger partial charge in [0, 0.05) is 22.9 Å². The molecule has 0 spiro atoms. The first-order chi connectivity index (χ1) is 10.4. The maximum Gasteiger partial charge on any atom is 0.150 e. The number of hydrogen-bond acceptors (Lipinski definition) is 4. The van der Waals surface area contributed by atoms with Crippen LogP contribution in [0.2, 0.25) is 0 Å². The molecule has 2 aromatic rings. The molecule has 4 heteroatoms. The smallest absolute Gasteiger partial charge is 0.150 e. The summed E-state index contributed by atoms with van der Waals surface area (Å²) in [6.45, 7) is 3.31. The van der Waals surface area contributed by atoms with E-state index >= 15 is 0 Å². The van der Waals surface area contributed by atoms with Crippen LogP contribution in [0.4, 0.5) is 0 Å². The lowest BCUT2D eigenvalue weighted by Gasteiger charge is -2.26. The standard InChI is InChI=1S/C17H22N2S2/c1-2-10-18-16-14-8-4-3-6-13(14)7-5-9-15(16)21-17-19-11-12-20-17/h3-4,6,8,11-12,15-16,18H,2,5,7,9-10H2,1H3. The average molecular weight is 319 g/mol. The molecule has 112 valence electrons. The van der Waals surface area contributed by atoms with E-state index in [9.17, 15) is 0 Å². The Morgan fingerprint density at radius 1 is 1.38 bits per heavy atom. The summed E-state index contributed by atoms with van der Waals surface area (Å²) in [5, 5.41) is 6.43. The minimum absolute atomic E-state index is 0.442. The van der Waals surface area contributed by atoms with Crippen molar-refractivity contribution in [3.05, 3.63) is 47.0 Å². The Bertz CT molecular complexity index is 554. The van der Waals surface area contributed by atoms with Crippen LogP contribution in [0.1, 0.15) is 43.4 Å². The van der Waals surface area contributed by atoms with E-state index in [-0.39, 0.29) is 0 Å². The summed E-state index contributed by atoms with van der Waals surface area (Å²) in [5.41, 5.74) is 3.02. The Morgan fingerprint density at radius 3 is 3.10 bits per heavy atom. The minimum atomic E-state index is 0.442. The number of nitrogens with zero attached hydrogens (tertiary/aromatic N) is 1. The van der Waals surface area contributed by atoms with E-state index in [1.807, 2.05) is 18.0 Å². The molecule has 21 heavy (non-hydrogen) atoms. The van der Waals surface area contributed by atoms with Gasteiger partial charge in [0.2, 0.25) is 0 Å². The number of aromatic nitrogens is 1. The molecule has 1 aromatic carbocycles. The molecule has 0 radical (unpaired) electrons. The molecule has 1 heterocycles. The van der Waals surface area contributed by atoms with Gasteiger partial charge in [-0.05, 0) is 43.4 Å². The van der Waals surface area contributed by atoms with Crippen LogP contribution in [0.5, 0.6) is 0 Å². The second-order valence-electron chi connectivity index (χ2n) is 5.48. The second-order valence-corrected chi connectivity index (χ2v) is 7.86. The fourth-order valence-corrected chi connectivity index (χ4v) is 5.16. The lowest BCUT2D eigenvalue weighted by atomic mass is 9.99. The van der Waals surface area contributed by atoms with Crippen molar-refractivity contribution in [2.75, 3.05) is 6.54 Å². The first-order valence-corrected chi connectivity index (χ1v) is 9.51. The monoisotopic (exact) mass is 318 g/mol. The van der Waals surface area contributed by atoms with Gasteiger partial charge in [-0.25, -0.2) is 4.98 Å². The second kappa shape index (κ2) is 7.43. The van der Waals surface area contributed by atoms with Crippen LogP contribution in [0.25, 0.3) is 0 Å². The Labute approximate surface area is 135 Å². The highest BCUT2D eigenvalue weighted by Gasteiger charge is 2.28. The van der Waals surface area contributed by atoms with Gasteiger partial charge < -0.3 is 5.32 Å². The zero-order valence-electron chi connectivity index (χ0n) is 12.4. The maximum absolute atomic E-state index is 4.47.